The highest BCUT2D eigenvalue weighted by Crippen LogP contribution is 2.40. The molecule has 1 saturated carbocycles. The molecule has 0 heterocycles. The Bertz CT molecular complexity index is 364. The zero-order valence-corrected chi connectivity index (χ0v) is 13.4. The zero-order valence-electron chi connectivity index (χ0n) is 13.4. The molecule has 2 N–H and O–H groups in total. The lowest BCUT2D eigenvalue weighted by Gasteiger charge is -2.38. The second-order valence-electron chi connectivity index (χ2n) is 6.75. The summed E-state index contributed by atoms with van der Waals surface area (Å²) in [6.45, 7) is 7.73. The second kappa shape index (κ2) is 7.90. The number of hydrogen-bond donors (Lipinski definition) is 2. The molecule has 1 fully saturated rings. The molecule has 0 spiro atoms. The molecule has 0 amide bonds. The summed E-state index contributed by atoms with van der Waals surface area (Å²) in [6, 6.07) is 0. The Hall–Kier alpha value is -0.940. The fourth-order valence-electron chi connectivity index (χ4n) is 3.31. The maximum absolute atomic E-state index is 11.7. The molecule has 5 nitrogen and oxygen atoms in total. The van der Waals surface area contributed by atoms with Crippen LogP contribution in [0.3, 0.4) is 0 Å². The smallest absolute Gasteiger partial charge is 0.342 e. The molecule has 0 saturated heterocycles. The molecule has 0 aromatic carbocycles. The van der Waals surface area contributed by atoms with Gasteiger partial charge in [-0.05, 0) is 49.9 Å². The third-order valence-electron chi connectivity index (χ3n) is 4.50. The van der Waals surface area contributed by atoms with Gasteiger partial charge in [0.1, 0.15) is 6.10 Å². The Balaban J connectivity index is 2.59. The minimum absolute atomic E-state index is 0.262. The second-order valence-corrected chi connectivity index (χ2v) is 6.75. The summed E-state index contributed by atoms with van der Waals surface area (Å²) < 4.78 is 4.46. The Morgan fingerprint density at radius 3 is 2.29 bits per heavy atom. The zero-order chi connectivity index (χ0) is 16.2. The van der Waals surface area contributed by atoms with E-state index in [9.17, 15) is 14.7 Å². The lowest BCUT2D eigenvalue weighted by atomic mass is 9.68. The van der Waals surface area contributed by atoms with Gasteiger partial charge in [0, 0.05) is 0 Å². The van der Waals surface area contributed by atoms with Gasteiger partial charge in [0.15, 0.2) is 6.10 Å². The standard InChI is InChI=1S/C16H28O5/c1-9(2)13-6-5-10(3)7-12(13)8-14(18)16(20)21-15(19)11(4)17/h9-14,17-18H,5-8H2,1-4H3. The van der Waals surface area contributed by atoms with E-state index in [0.717, 1.165) is 12.8 Å². The van der Waals surface area contributed by atoms with E-state index in [0.29, 0.717) is 24.2 Å². The molecule has 0 bridgehead atoms. The highest BCUT2D eigenvalue weighted by atomic mass is 16.6. The van der Waals surface area contributed by atoms with Crippen molar-refractivity contribution in [2.75, 3.05) is 0 Å². The van der Waals surface area contributed by atoms with Crippen molar-refractivity contribution in [2.24, 2.45) is 23.7 Å². The van der Waals surface area contributed by atoms with Crippen LogP contribution in [-0.4, -0.2) is 34.4 Å². The molecule has 0 radical (unpaired) electrons. The fraction of sp³-hybridized carbons (Fsp3) is 0.875. The Morgan fingerprint density at radius 2 is 1.76 bits per heavy atom. The summed E-state index contributed by atoms with van der Waals surface area (Å²) in [7, 11) is 0. The van der Waals surface area contributed by atoms with Gasteiger partial charge in [0.25, 0.3) is 0 Å². The first-order valence-corrected chi connectivity index (χ1v) is 7.84. The van der Waals surface area contributed by atoms with Gasteiger partial charge in [0.2, 0.25) is 0 Å². The molecule has 1 rings (SSSR count). The van der Waals surface area contributed by atoms with E-state index >= 15 is 0 Å². The number of esters is 2. The summed E-state index contributed by atoms with van der Waals surface area (Å²) in [5.41, 5.74) is 0. The number of carbonyl (C=O) groups is 2. The van der Waals surface area contributed by atoms with Crippen molar-refractivity contribution in [1.82, 2.24) is 0 Å². The molecule has 122 valence electrons. The van der Waals surface area contributed by atoms with Gasteiger partial charge in [0.05, 0.1) is 0 Å². The van der Waals surface area contributed by atoms with Crippen molar-refractivity contribution >= 4 is 11.9 Å². The van der Waals surface area contributed by atoms with Crippen LogP contribution >= 0.6 is 0 Å². The summed E-state index contributed by atoms with van der Waals surface area (Å²) in [5.74, 6) is -0.135. The number of hydrogen-bond acceptors (Lipinski definition) is 5. The van der Waals surface area contributed by atoms with E-state index in [1.54, 1.807) is 0 Å². The number of ether oxygens (including phenoxy) is 1. The van der Waals surface area contributed by atoms with Gasteiger partial charge in [-0.25, -0.2) is 9.59 Å². The van der Waals surface area contributed by atoms with Gasteiger partial charge in [-0.15, -0.1) is 0 Å². The number of rotatable bonds is 5. The van der Waals surface area contributed by atoms with E-state index in [1.807, 2.05) is 0 Å². The van der Waals surface area contributed by atoms with Crippen LogP contribution in [-0.2, 0) is 14.3 Å². The maximum Gasteiger partial charge on any atom is 0.342 e. The summed E-state index contributed by atoms with van der Waals surface area (Å²) in [6.07, 6.45) is 0.929. The Kier molecular flexibility index (Phi) is 6.81. The molecule has 0 aliphatic heterocycles. The highest BCUT2D eigenvalue weighted by molar-refractivity contribution is 5.89. The van der Waals surface area contributed by atoms with Crippen LogP contribution < -0.4 is 0 Å². The van der Waals surface area contributed by atoms with Crippen LogP contribution in [0.25, 0.3) is 0 Å². The van der Waals surface area contributed by atoms with Crippen molar-refractivity contribution in [3.05, 3.63) is 0 Å². The SMILES string of the molecule is CC1CCC(C(C)C)C(CC(O)C(=O)OC(=O)C(C)O)C1. The molecule has 5 heteroatoms. The van der Waals surface area contributed by atoms with Crippen molar-refractivity contribution in [2.45, 2.75) is 65.6 Å². The average Bonchev–Trinajstić information content (AvgIpc) is 2.37. The predicted molar refractivity (Wildman–Crippen MR) is 78.2 cm³/mol. The minimum atomic E-state index is -1.36. The minimum Gasteiger partial charge on any atom is -0.389 e. The molecular weight excluding hydrogens is 272 g/mol. The van der Waals surface area contributed by atoms with Gasteiger partial charge >= 0.3 is 11.9 Å². The van der Waals surface area contributed by atoms with Gasteiger partial charge in [-0.2, -0.15) is 0 Å². The quantitative estimate of drug-likeness (QED) is 0.598. The fourth-order valence-corrected chi connectivity index (χ4v) is 3.31. The predicted octanol–water partition coefficient (Wildman–Crippen LogP) is 1.90. The summed E-state index contributed by atoms with van der Waals surface area (Å²) in [4.78, 5) is 22.9. The molecular formula is C16H28O5. The monoisotopic (exact) mass is 300 g/mol. The average molecular weight is 300 g/mol. The van der Waals surface area contributed by atoms with Crippen molar-refractivity contribution < 1.29 is 24.5 Å². The first-order valence-electron chi connectivity index (χ1n) is 7.84. The lowest BCUT2D eigenvalue weighted by Crippen LogP contribution is -2.35. The Morgan fingerprint density at radius 1 is 1.14 bits per heavy atom. The number of aliphatic hydroxyl groups excluding tert-OH is 2. The number of aliphatic hydroxyl groups is 2. The first kappa shape index (κ1) is 18.1. The molecule has 0 aromatic heterocycles. The molecule has 5 atom stereocenters. The van der Waals surface area contributed by atoms with E-state index in [4.69, 9.17) is 5.11 Å². The third kappa shape index (κ3) is 5.40. The van der Waals surface area contributed by atoms with Gasteiger partial charge in [-0.3, -0.25) is 0 Å². The Labute approximate surface area is 126 Å². The van der Waals surface area contributed by atoms with Crippen molar-refractivity contribution in [3.8, 4) is 0 Å². The van der Waals surface area contributed by atoms with Crippen LogP contribution in [0, 0.1) is 23.7 Å². The summed E-state index contributed by atoms with van der Waals surface area (Å²) >= 11 is 0. The van der Waals surface area contributed by atoms with Crippen LogP contribution in [0.5, 0.6) is 0 Å². The van der Waals surface area contributed by atoms with Crippen molar-refractivity contribution in [1.29, 1.82) is 0 Å². The number of carbonyl (C=O) groups excluding carboxylic acids is 2. The van der Waals surface area contributed by atoms with Gasteiger partial charge in [-0.1, -0.05) is 27.2 Å². The van der Waals surface area contributed by atoms with Crippen molar-refractivity contribution in [3.63, 3.8) is 0 Å². The highest BCUT2D eigenvalue weighted by Gasteiger charge is 2.34. The largest absolute Gasteiger partial charge is 0.389 e. The lowest BCUT2D eigenvalue weighted by molar-refractivity contribution is -0.171. The van der Waals surface area contributed by atoms with Crippen LogP contribution in [0.4, 0.5) is 0 Å². The third-order valence-corrected chi connectivity index (χ3v) is 4.50. The normalized spacial score (nSPS) is 29.0. The summed E-state index contributed by atoms with van der Waals surface area (Å²) in [5, 5.41) is 19.0. The van der Waals surface area contributed by atoms with E-state index in [-0.39, 0.29) is 5.92 Å². The molecule has 21 heavy (non-hydrogen) atoms. The van der Waals surface area contributed by atoms with E-state index < -0.39 is 24.1 Å². The van der Waals surface area contributed by atoms with E-state index in [1.165, 1.54) is 13.3 Å². The van der Waals surface area contributed by atoms with Crippen LogP contribution in [0.2, 0.25) is 0 Å². The van der Waals surface area contributed by atoms with Crippen LogP contribution in [0.15, 0.2) is 0 Å². The topological polar surface area (TPSA) is 83.8 Å². The maximum atomic E-state index is 11.7. The molecule has 1 aliphatic carbocycles. The first-order chi connectivity index (χ1) is 9.72. The molecule has 0 aromatic rings. The van der Waals surface area contributed by atoms with Crippen LogP contribution in [0.1, 0.15) is 53.4 Å². The molecule has 5 unspecified atom stereocenters. The molecule has 1 aliphatic rings. The van der Waals surface area contributed by atoms with Gasteiger partial charge < -0.3 is 14.9 Å². The van der Waals surface area contributed by atoms with E-state index in [2.05, 4.69) is 25.5 Å².